The van der Waals surface area contributed by atoms with Crippen molar-refractivity contribution in [3.05, 3.63) is 138 Å². The van der Waals surface area contributed by atoms with E-state index in [0.29, 0.717) is 42.9 Å². The number of ether oxygens (including phenoxy) is 1. The van der Waals surface area contributed by atoms with Gasteiger partial charge in [-0.1, -0.05) is 71.6 Å². The van der Waals surface area contributed by atoms with Gasteiger partial charge in [-0.2, -0.15) is 0 Å². The molecule has 0 bridgehead atoms. The molecule has 5 aromatic rings. The third kappa shape index (κ3) is 5.65. The van der Waals surface area contributed by atoms with Gasteiger partial charge in [0.2, 0.25) is 0 Å². The van der Waals surface area contributed by atoms with Crippen LogP contribution in [0.1, 0.15) is 24.3 Å². The molecule has 6 rings (SSSR count). The minimum absolute atomic E-state index is 0.270. The van der Waals surface area contributed by atoms with Crippen molar-refractivity contribution < 1.29 is 13.9 Å². The number of hydrogen-bond acceptors (Lipinski definition) is 7. The molecule has 42 heavy (non-hydrogen) atoms. The molecular weight excluding hydrogens is 634 g/mol. The summed E-state index contributed by atoms with van der Waals surface area (Å²) in [5.74, 6) is 0.819. The summed E-state index contributed by atoms with van der Waals surface area (Å²) in [6.07, 6.45) is 1.72. The van der Waals surface area contributed by atoms with Crippen LogP contribution >= 0.6 is 39.0 Å². The SMILES string of the molecule is COc1cccc([C@@H]2C(C(=O)Nc3ccccc3)=C(C)N=c3s/c(=C/c4cc(Br)c(Sc5ccccc5)o4)c(=O)n32)c1. The van der Waals surface area contributed by atoms with Crippen molar-refractivity contribution in [1.82, 2.24) is 4.57 Å². The van der Waals surface area contributed by atoms with Crippen LogP contribution in [0.3, 0.4) is 0 Å². The first-order valence-electron chi connectivity index (χ1n) is 13.0. The summed E-state index contributed by atoms with van der Waals surface area (Å²) < 4.78 is 14.4. The maximum absolute atomic E-state index is 14.0. The molecule has 0 aliphatic carbocycles. The van der Waals surface area contributed by atoms with Gasteiger partial charge in [-0.3, -0.25) is 14.2 Å². The lowest BCUT2D eigenvalue weighted by atomic mass is 9.95. The molecule has 1 N–H and O–H groups in total. The third-order valence-electron chi connectivity index (χ3n) is 6.61. The molecule has 1 atom stereocenters. The number of fused-ring (bicyclic) bond motifs is 1. The molecule has 3 aromatic carbocycles. The van der Waals surface area contributed by atoms with Gasteiger partial charge in [-0.15, -0.1) is 0 Å². The number of benzene rings is 3. The van der Waals surface area contributed by atoms with Gasteiger partial charge in [0.1, 0.15) is 11.5 Å². The van der Waals surface area contributed by atoms with E-state index in [4.69, 9.17) is 14.1 Å². The van der Waals surface area contributed by atoms with Crippen LogP contribution < -0.4 is 24.9 Å². The first kappa shape index (κ1) is 28.0. The predicted molar refractivity (Wildman–Crippen MR) is 169 cm³/mol. The van der Waals surface area contributed by atoms with Gasteiger partial charge in [-0.25, -0.2) is 4.99 Å². The summed E-state index contributed by atoms with van der Waals surface area (Å²) in [5.41, 5.74) is 2.03. The number of aromatic nitrogens is 1. The summed E-state index contributed by atoms with van der Waals surface area (Å²) in [7, 11) is 1.58. The van der Waals surface area contributed by atoms with E-state index in [1.54, 1.807) is 24.7 Å². The fourth-order valence-electron chi connectivity index (χ4n) is 4.69. The number of nitrogens with one attached hydrogen (secondary N) is 1. The Hall–Kier alpha value is -4.12. The summed E-state index contributed by atoms with van der Waals surface area (Å²) in [4.78, 5) is 34.0. The van der Waals surface area contributed by atoms with Crippen molar-refractivity contribution in [2.75, 3.05) is 12.4 Å². The Morgan fingerprint density at radius 2 is 1.81 bits per heavy atom. The minimum Gasteiger partial charge on any atom is -0.497 e. The van der Waals surface area contributed by atoms with E-state index in [9.17, 15) is 9.59 Å². The van der Waals surface area contributed by atoms with Gasteiger partial charge in [-0.05, 0) is 70.9 Å². The van der Waals surface area contributed by atoms with Crippen molar-refractivity contribution >= 4 is 56.7 Å². The summed E-state index contributed by atoms with van der Waals surface area (Å²) in [6.45, 7) is 1.79. The van der Waals surface area contributed by atoms with Crippen molar-refractivity contribution in [1.29, 1.82) is 0 Å². The average molecular weight is 659 g/mol. The number of methoxy groups -OCH3 is 1. The predicted octanol–water partition coefficient (Wildman–Crippen LogP) is 6.39. The standard InChI is InChI=1S/C32H24BrN3O4S2/c1-19-27(29(37)35-21-11-5-3-6-12-21)28(20-10-9-13-22(16-20)39-2)36-30(38)26(42-32(36)34-19)18-23-17-25(33)31(40-23)41-24-14-7-4-8-15-24/h3-18,28H,1-2H3,(H,35,37)/b26-18+/t28-/m1/s1. The van der Waals surface area contributed by atoms with Crippen LogP contribution in [0.2, 0.25) is 0 Å². The normalized spacial score (nSPS) is 14.8. The fourth-order valence-corrected chi connectivity index (χ4v) is 7.07. The molecule has 10 heteroatoms. The van der Waals surface area contributed by atoms with Gasteiger partial charge in [0, 0.05) is 16.7 Å². The van der Waals surface area contributed by atoms with Gasteiger partial charge in [0.05, 0.1) is 33.4 Å². The second-order valence-electron chi connectivity index (χ2n) is 9.38. The molecule has 0 spiro atoms. The first-order valence-corrected chi connectivity index (χ1v) is 15.4. The van der Waals surface area contributed by atoms with Crippen molar-refractivity contribution in [2.45, 2.75) is 23.0 Å². The Morgan fingerprint density at radius 3 is 2.55 bits per heavy atom. The summed E-state index contributed by atoms with van der Waals surface area (Å²) in [5, 5.41) is 3.65. The van der Waals surface area contributed by atoms with E-state index >= 15 is 0 Å². The lowest BCUT2D eigenvalue weighted by Crippen LogP contribution is -2.40. The lowest BCUT2D eigenvalue weighted by molar-refractivity contribution is -0.113. The van der Waals surface area contributed by atoms with Crippen LogP contribution in [0.25, 0.3) is 6.08 Å². The average Bonchev–Trinajstić information content (AvgIpc) is 3.50. The van der Waals surface area contributed by atoms with E-state index in [-0.39, 0.29) is 11.5 Å². The highest BCUT2D eigenvalue weighted by Gasteiger charge is 2.33. The second kappa shape index (κ2) is 12.0. The number of allylic oxidation sites excluding steroid dienone is 1. The van der Waals surface area contributed by atoms with Crippen LogP contribution in [0.15, 0.2) is 131 Å². The molecule has 2 aromatic heterocycles. The zero-order valence-electron chi connectivity index (χ0n) is 22.5. The van der Waals surface area contributed by atoms with E-state index in [1.165, 1.54) is 23.1 Å². The van der Waals surface area contributed by atoms with Gasteiger partial charge in [0.15, 0.2) is 9.89 Å². The number of amides is 1. The van der Waals surface area contributed by atoms with Gasteiger partial charge < -0.3 is 14.5 Å². The number of thiazole rings is 1. The highest BCUT2D eigenvalue weighted by atomic mass is 79.9. The zero-order chi connectivity index (χ0) is 29.2. The quantitative estimate of drug-likeness (QED) is 0.219. The number of furan rings is 1. The Kier molecular flexibility index (Phi) is 8.01. The molecule has 1 amide bonds. The molecular formula is C32H24BrN3O4S2. The number of carbonyl (C=O) groups excluding carboxylic acids is 1. The third-order valence-corrected chi connectivity index (χ3v) is 9.44. The van der Waals surface area contributed by atoms with Crippen LogP contribution in [-0.2, 0) is 4.79 Å². The molecule has 0 unspecified atom stereocenters. The monoisotopic (exact) mass is 657 g/mol. The van der Waals surface area contributed by atoms with Crippen LogP contribution in [-0.4, -0.2) is 17.6 Å². The topological polar surface area (TPSA) is 85.8 Å². The Morgan fingerprint density at radius 1 is 1.07 bits per heavy atom. The van der Waals surface area contributed by atoms with Gasteiger partial charge in [0.25, 0.3) is 11.5 Å². The lowest BCUT2D eigenvalue weighted by Gasteiger charge is -2.25. The number of rotatable bonds is 7. The first-order chi connectivity index (χ1) is 20.4. The molecule has 0 radical (unpaired) electrons. The molecule has 1 aliphatic rings. The maximum Gasteiger partial charge on any atom is 0.271 e. The largest absolute Gasteiger partial charge is 0.497 e. The number of hydrogen-bond donors (Lipinski definition) is 1. The number of para-hydroxylation sites is 1. The second-order valence-corrected chi connectivity index (χ2v) is 12.3. The number of nitrogens with zero attached hydrogens (tertiary/aromatic N) is 2. The Labute approximate surface area is 258 Å². The van der Waals surface area contributed by atoms with Crippen LogP contribution in [0.4, 0.5) is 5.69 Å². The highest BCUT2D eigenvalue weighted by Crippen LogP contribution is 2.36. The molecule has 0 saturated heterocycles. The summed E-state index contributed by atoms with van der Waals surface area (Å²) in [6, 6.07) is 27.6. The van der Waals surface area contributed by atoms with E-state index < -0.39 is 6.04 Å². The molecule has 1 aliphatic heterocycles. The van der Waals surface area contributed by atoms with Crippen LogP contribution in [0.5, 0.6) is 5.75 Å². The smallest absolute Gasteiger partial charge is 0.271 e. The van der Waals surface area contributed by atoms with E-state index in [1.807, 2.05) is 91.0 Å². The number of anilines is 1. The molecule has 0 saturated carbocycles. The van der Waals surface area contributed by atoms with Crippen molar-refractivity contribution in [3.63, 3.8) is 0 Å². The number of halogens is 1. The highest BCUT2D eigenvalue weighted by molar-refractivity contribution is 9.10. The van der Waals surface area contributed by atoms with Gasteiger partial charge >= 0.3 is 0 Å². The van der Waals surface area contributed by atoms with E-state index in [2.05, 4.69) is 21.2 Å². The molecule has 3 heterocycles. The van der Waals surface area contributed by atoms with E-state index in [0.717, 1.165) is 14.9 Å². The molecule has 210 valence electrons. The minimum atomic E-state index is -0.713. The molecule has 7 nitrogen and oxygen atoms in total. The zero-order valence-corrected chi connectivity index (χ0v) is 25.8. The van der Waals surface area contributed by atoms with Crippen molar-refractivity contribution in [3.8, 4) is 5.75 Å². The number of carbonyl (C=O) groups is 1. The molecule has 0 fully saturated rings. The Bertz CT molecular complexity index is 2000. The van der Waals surface area contributed by atoms with Crippen molar-refractivity contribution in [2.24, 2.45) is 4.99 Å². The maximum atomic E-state index is 14.0. The summed E-state index contributed by atoms with van der Waals surface area (Å²) >= 11 is 6.32. The fraction of sp³-hybridized carbons (Fsp3) is 0.0938. The van der Waals surface area contributed by atoms with Crippen LogP contribution in [0, 0.1) is 0 Å². The Balaban J connectivity index is 1.44.